The van der Waals surface area contributed by atoms with Crippen molar-refractivity contribution < 1.29 is 8.42 Å². The first-order valence-corrected chi connectivity index (χ1v) is 9.32. The Bertz CT molecular complexity index is 660. The van der Waals surface area contributed by atoms with Crippen molar-refractivity contribution in [2.45, 2.75) is 17.2 Å². The van der Waals surface area contributed by atoms with Crippen LogP contribution in [-0.2, 0) is 22.3 Å². The Labute approximate surface area is 129 Å². The number of thioether (sulfide) groups is 1. The zero-order chi connectivity index (χ0) is 15.3. The summed E-state index contributed by atoms with van der Waals surface area (Å²) in [7, 11) is -3.44. The van der Waals surface area contributed by atoms with Crippen LogP contribution < -0.4 is 10.5 Å². The van der Waals surface area contributed by atoms with Crippen LogP contribution in [0.3, 0.4) is 0 Å². The number of nitrogens with two attached hydrogens (primary N) is 1. The molecule has 0 spiro atoms. The van der Waals surface area contributed by atoms with E-state index in [2.05, 4.69) is 4.72 Å². The van der Waals surface area contributed by atoms with Crippen molar-refractivity contribution in [3.8, 4) is 0 Å². The van der Waals surface area contributed by atoms with Gasteiger partial charge in [0.25, 0.3) is 0 Å². The van der Waals surface area contributed by atoms with Crippen LogP contribution in [0.2, 0.25) is 0 Å². The van der Waals surface area contributed by atoms with Gasteiger partial charge in [-0.2, -0.15) is 0 Å². The molecule has 0 fully saturated rings. The summed E-state index contributed by atoms with van der Waals surface area (Å²) in [4.78, 5) is 1.01. The van der Waals surface area contributed by atoms with E-state index in [1.807, 2.05) is 42.7 Å². The monoisotopic (exact) mass is 322 g/mol. The summed E-state index contributed by atoms with van der Waals surface area (Å²) in [5.41, 5.74) is 7.80. The molecule has 0 aliphatic carbocycles. The lowest BCUT2D eigenvalue weighted by molar-refractivity contribution is 0.600. The molecule has 0 saturated carbocycles. The maximum Gasteiger partial charge on any atom is 0.236 e. The van der Waals surface area contributed by atoms with E-state index in [1.54, 1.807) is 23.9 Å². The van der Waals surface area contributed by atoms with Crippen LogP contribution in [0.1, 0.15) is 11.1 Å². The van der Waals surface area contributed by atoms with Crippen molar-refractivity contribution in [1.29, 1.82) is 0 Å². The molecule has 0 aromatic heterocycles. The Morgan fingerprint density at radius 3 is 2.52 bits per heavy atom. The molecular weight excluding hydrogens is 304 g/mol. The SMILES string of the molecule is CSc1cccc(NS(=O)(=O)Cc2cccc(CN)c2)c1. The van der Waals surface area contributed by atoms with Gasteiger partial charge in [-0.05, 0) is 35.6 Å². The molecule has 0 aliphatic rings. The van der Waals surface area contributed by atoms with Crippen LogP contribution in [0.15, 0.2) is 53.4 Å². The second kappa shape index (κ2) is 6.98. The maximum absolute atomic E-state index is 12.2. The number of nitrogens with one attached hydrogen (secondary N) is 1. The zero-order valence-electron chi connectivity index (χ0n) is 11.7. The molecule has 2 aromatic carbocycles. The molecule has 3 N–H and O–H groups in total. The lowest BCUT2D eigenvalue weighted by atomic mass is 10.1. The predicted molar refractivity (Wildman–Crippen MR) is 88.8 cm³/mol. The minimum absolute atomic E-state index is 0.0651. The fourth-order valence-corrected chi connectivity index (χ4v) is 3.60. The predicted octanol–water partition coefficient (Wildman–Crippen LogP) is 2.81. The van der Waals surface area contributed by atoms with Crippen molar-refractivity contribution in [2.24, 2.45) is 5.73 Å². The molecule has 0 amide bonds. The molecule has 21 heavy (non-hydrogen) atoms. The van der Waals surface area contributed by atoms with Crippen molar-refractivity contribution in [2.75, 3.05) is 11.0 Å². The van der Waals surface area contributed by atoms with Crippen molar-refractivity contribution in [3.05, 3.63) is 59.7 Å². The number of hydrogen-bond acceptors (Lipinski definition) is 4. The summed E-state index contributed by atoms with van der Waals surface area (Å²) in [6.45, 7) is 0.400. The highest BCUT2D eigenvalue weighted by Gasteiger charge is 2.12. The average molecular weight is 322 g/mol. The Balaban J connectivity index is 2.14. The summed E-state index contributed by atoms with van der Waals surface area (Å²) < 4.78 is 27.0. The molecule has 0 bridgehead atoms. The van der Waals surface area contributed by atoms with Gasteiger partial charge < -0.3 is 5.73 Å². The third kappa shape index (κ3) is 4.77. The van der Waals surface area contributed by atoms with Gasteiger partial charge in [-0.3, -0.25) is 4.72 Å². The van der Waals surface area contributed by atoms with Crippen LogP contribution in [0, 0.1) is 0 Å². The van der Waals surface area contributed by atoms with E-state index in [9.17, 15) is 8.42 Å². The number of benzene rings is 2. The molecule has 2 rings (SSSR count). The Morgan fingerprint density at radius 1 is 1.10 bits per heavy atom. The minimum atomic E-state index is -3.44. The first-order chi connectivity index (χ1) is 10.0. The van der Waals surface area contributed by atoms with Crippen LogP contribution in [-0.4, -0.2) is 14.7 Å². The lowest BCUT2D eigenvalue weighted by Gasteiger charge is -2.09. The van der Waals surface area contributed by atoms with Crippen molar-refractivity contribution in [1.82, 2.24) is 0 Å². The van der Waals surface area contributed by atoms with E-state index in [0.717, 1.165) is 16.0 Å². The van der Waals surface area contributed by atoms with E-state index >= 15 is 0 Å². The zero-order valence-corrected chi connectivity index (χ0v) is 13.4. The average Bonchev–Trinajstić information content (AvgIpc) is 2.46. The van der Waals surface area contributed by atoms with Crippen LogP contribution in [0.4, 0.5) is 5.69 Å². The van der Waals surface area contributed by atoms with Gasteiger partial charge in [0.15, 0.2) is 0 Å². The van der Waals surface area contributed by atoms with Gasteiger partial charge in [-0.1, -0.05) is 30.3 Å². The maximum atomic E-state index is 12.2. The van der Waals surface area contributed by atoms with E-state index < -0.39 is 10.0 Å². The van der Waals surface area contributed by atoms with Gasteiger partial charge in [-0.25, -0.2) is 8.42 Å². The van der Waals surface area contributed by atoms with E-state index in [4.69, 9.17) is 5.73 Å². The van der Waals surface area contributed by atoms with Crippen LogP contribution >= 0.6 is 11.8 Å². The molecule has 0 aliphatic heterocycles. The molecule has 0 saturated heterocycles. The largest absolute Gasteiger partial charge is 0.326 e. The lowest BCUT2D eigenvalue weighted by Crippen LogP contribution is -2.15. The smallest absolute Gasteiger partial charge is 0.236 e. The van der Waals surface area contributed by atoms with Crippen molar-refractivity contribution in [3.63, 3.8) is 0 Å². The van der Waals surface area contributed by atoms with Gasteiger partial charge in [-0.15, -0.1) is 11.8 Å². The van der Waals surface area contributed by atoms with Gasteiger partial charge in [0, 0.05) is 17.1 Å². The van der Waals surface area contributed by atoms with Crippen LogP contribution in [0.25, 0.3) is 0 Å². The Hall–Kier alpha value is -1.50. The molecule has 0 radical (unpaired) electrons. The normalized spacial score (nSPS) is 11.3. The standard InChI is InChI=1S/C15H18N2O2S2/c1-20-15-7-3-6-14(9-15)17-21(18,19)11-13-5-2-4-12(8-13)10-16/h2-9,17H,10-11,16H2,1H3. The molecule has 4 nitrogen and oxygen atoms in total. The topological polar surface area (TPSA) is 72.2 Å². The fourth-order valence-electron chi connectivity index (χ4n) is 1.97. The molecule has 0 unspecified atom stereocenters. The van der Waals surface area contributed by atoms with E-state index in [-0.39, 0.29) is 5.75 Å². The van der Waals surface area contributed by atoms with Gasteiger partial charge in [0.05, 0.1) is 5.75 Å². The van der Waals surface area contributed by atoms with Crippen molar-refractivity contribution >= 4 is 27.5 Å². The van der Waals surface area contributed by atoms with Crippen LogP contribution in [0.5, 0.6) is 0 Å². The van der Waals surface area contributed by atoms with Gasteiger partial charge >= 0.3 is 0 Å². The molecule has 6 heteroatoms. The number of hydrogen-bond donors (Lipinski definition) is 2. The molecule has 0 atom stereocenters. The first kappa shape index (κ1) is 15.9. The summed E-state index contributed by atoms with van der Waals surface area (Å²) >= 11 is 1.57. The molecular formula is C15H18N2O2S2. The Morgan fingerprint density at radius 2 is 1.81 bits per heavy atom. The quantitative estimate of drug-likeness (QED) is 0.802. The first-order valence-electron chi connectivity index (χ1n) is 6.45. The number of anilines is 1. The number of sulfonamides is 1. The van der Waals surface area contributed by atoms with E-state index in [1.165, 1.54) is 0 Å². The molecule has 2 aromatic rings. The third-order valence-electron chi connectivity index (χ3n) is 2.93. The fraction of sp³-hybridized carbons (Fsp3) is 0.200. The second-order valence-electron chi connectivity index (χ2n) is 4.62. The summed E-state index contributed by atoms with van der Waals surface area (Å²) in [5, 5.41) is 0. The van der Waals surface area contributed by atoms with Gasteiger partial charge in [0.1, 0.15) is 0 Å². The highest BCUT2D eigenvalue weighted by Crippen LogP contribution is 2.20. The summed E-state index contributed by atoms with van der Waals surface area (Å²) in [6.07, 6.45) is 1.95. The minimum Gasteiger partial charge on any atom is -0.326 e. The summed E-state index contributed by atoms with van der Waals surface area (Å²) in [5.74, 6) is -0.0651. The highest BCUT2D eigenvalue weighted by molar-refractivity contribution is 7.98. The molecule has 0 heterocycles. The highest BCUT2D eigenvalue weighted by atomic mass is 32.2. The van der Waals surface area contributed by atoms with E-state index in [0.29, 0.717) is 12.2 Å². The third-order valence-corrected chi connectivity index (χ3v) is 4.91. The van der Waals surface area contributed by atoms with Gasteiger partial charge in [0.2, 0.25) is 10.0 Å². The second-order valence-corrected chi connectivity index (χ2v) is 7.22. The summed E-state index contributed by atoms with van der Waals surface area (Å²) in [6, 6.07) is 14.6. The Kier molecular flexibility index (Phi) is 5.27. The molecule has 112 valence electrons. The number of rotatable bonds is 6.